The predicted octanol–water partition coefficient (Wildman–Crippen LogP) is 3.21. The zero-order valence-electron chi connectivity index (χ0n) is 17.2. The highest BCUT2D eigenvalue weighted by atomic mass is 15.2. The number of pyridine rings is 2. The minimum Gasteiger partial charge on any atom is -0.369 e. The van der Waals surface area contributed by atoms with E-state index in [0.717, 1.165) is 49.5 Å². The molecule has 0 amide bonds. The summed E-state index contributed by atoms with van der Waals surface area (Å²) in [5.41, 5.74) is 4.45. The van der Waals surface area contributed by atoms with Crippen molar-refractivity contribution in [3.05, 3.63) is 54.1 Å². The van der Waals surface area contributed by atoms with Crippen LogP contribution < -0.4 is 10.2 Å². The van der Waals surface area contributed by atoms with Gasteiger partial charge in [0.25, 0.3) is 0 Å². The molecule has 1 saturated heterocycles. The van der Waals surface area contributed by atoms with Crippen molar-refractivity contribution in [2.45, 2.75) is 19.4 Å². The number of nitrogens with zero attached hydrogens (tertiary/aromatic N) is 7. The van der Waals surface area contributed by atoms with Crippen LogP contribution in [-0.2, 0) is 6.54 Å². The van der Waals surface area contributed by atoms with E-state index in [1.165, 1.54) is 0 Å². The Labute approximate surface area is 176 Å². The average Bonchev–Trinajstić information content (AvgIpc) is 3.29. The molecule has 0 saturated carbocycles. The second-order valence-electron chi connectivity index (χ2n) is 7.54. The fourth-order valence-corrected chi connectivity index (χ4v) is 3.50. The molecule has 8 nitrogen and oxygen atoms in total. The lowest BCUT2D eigenvalue weighted by Gasteiger charge is -2.18. The van der Waals surface area contributed by atoms with Crippen LogP contribution in [-0.4, -0.2) is 52.0 Å². The van der Waals surface area contributed by atoms with Gasteiger partial charge in [-0.1, -0.05) is 0 Å². The Hall–Kier alpha value is -3.57. The first-order chi connectivity index (χ1) is 14.6. The van der Waals surface area contributed by atoms with E-state index in [1.54, 1.807) is 18.5 Å². The van der Waals surface area contributed by atoms with Gasteiger partial charge in [0.2, 0.25) is 5.95 Å². The van der Waals surface area contributed by atoms with Gasteiger partial charge in [-0.3, -0.25) is 4.98 Å². The van der Waals surface area contributed by atoms with Gasteiger partial charge in [-0.05, 0) is 57.3 Å². The molecule has 4 heterocycles. The molecule has 1 aliphatic heterocycles. The summed E-state index contributed by atoms with van der Waals surface area (Å²) in [7, 11) is 4.02. The molecule has 0 aromatic carbocycles. The van der Waals surface area contributed by atoms with Crippen LogP contribution in [0, 0.1) is 11.3 Å². The Morgan fingerprint density at radius 3 is 2.53 bits per heavy atom. The van der Waals surface area contributed by atoms with Crippen LogP contribution in [0.25, 0.3) is 11.4 Å². The van der Waals surface area contributed by atoms with Gasteiger partial charge in [0.1, 0.15) is 6.07 Å². The third-order valence-electron chi connectivity index (χ3n) is 4.90. The van der Waals surface area contributed by atoms with Crippen LogP contribution in [0.3, 0.4) is 0 Å². The first-order valence-corrected chi connectivity index (χ1v) is 9.98. The summed E-state index contributed by atoms with van der Waals surface area (Å²) >= 11 is 0. The van der Waals surface area contributed by atoms with E-state index in [9.17, 15) is 5.26 Å². The molecule has 152 valence electrons. The Bertz CT molecular complexity index is 1050. The first kappa shape index (κ1) is 19.7. The predicted molar refractivity (Wildman–Crippen MR) is 116 cm³/mol. The summed E-state index contributed by atoms with van der Waals surface area (Å²) in [5.74, 6) is 0.457. The third-order valence-corrected chi connectivity index (χ3v) is 4.90. The topological polar surface area (TPSA) is 93.9 Å². The molecule has 0 bridgehead atoms. The summed E-state index contributed by atoms with van der Waals surface area (Å²) in [6.45, 7) is 2.73. The van der Waals surface area contributed by atoms with Crippen molar-refractivity contribution in [2.24, 2.45) is 0 Å². The van der Waals surface area contributed by atoms with Gasteiger partial charge in [-0.2, -0.15) is 5.26 Å². The number of anilines is 3. The summed E-state index contributed by atoms with van der Waals surface area (Å²) in [6.07, 6.45) is 5.75. The quantitative estimate of drug-likeness (QED) is 0.674. The molecule has 30 heavy (non-hydrogen) atoms. The second kappa shape index (κ2) is 8.84. The maximum Gasteiger partial charge on any atom is 0.227 e. The monoisotopic (exact) mass is 400 g/mol. The Morgan fingerprint density at radius 2 is 1.83 bits per heavy atom. The van der Waals surface area contributed by atoms with Crippen molar-refractivity contribution >= 4 is 17.3 Å². The van der Waals surface area contributed by atoms with Gasteiger partial charge in [0, 0.05) is 25.8 Å². The number of hydrogen-bond acceptors (Lipinski definition) is 8. The Balaban J connectivity index is 1.54. The van der Waals surface area contributed by atoms with Crippen LogP contribution in [0.5, 0.6) is 0 Å². The van der Waals surface area contributed by atoms with Crippen LogP contribution in [0.1, 0.15) is 24.2 Å². The van der Waals surface area contributed by atoms with Crippen molar-refractivity contribution in [3.63, 3.8) is 0 Å². The highest BCUT2D eigenvalue weighted by Gasteiger charge is 2.17. The van der Waals surface area contributed by atoms with Gasteiger partial charge in [0.15, 0.2) is 5.69 Å². The molecule has 8 heteroatoms. The maximum atomic E-state index is 9.58. The largest absolute Gasteiger partial charge is 0.369 e. The minimum atomic E-state index is 0.434. The number of nitrogens with one attached hydrogen (secondary N) is 1. The highest BCUT2D eigenvalue weighted by Crippen LogP contribution is 2.26. The van der Waals surface area contributed by atoms with Crippen LogP contribution >= 0.6 is 0 Å². The van der Waals surface area contributed by atoms with Crippen LogP contribution in [0.4, 0.5) is 17.3 Å². The standard InChI is InChI=1S/C22H24N8/c1-29(2)15-17-6-5-16(14-25-17)26-22-24-10-9-19(28-22)18-7-8-21(20(13-23)27-18)30-11-3-4-12-30/h5-10,14H,3-4,11-12,15H2,1-2H3,(H,24,26,28). The van der Waals surface area contributed by atoms with E-state index < -0.39 is 0 Å². The van der Waals surface area contributed by atoms with Gasteiger partial charge in [-0.25, -0.2) is 15.0 Å². The molecular weight excluding hydrogens is 376 g/mol. The number of nitriles is 1. The normalized spacial score (nSPS) is 13.5. The fraction of sp³-hybridized carbons (Fsp3) is 0.318. The zero-order chi connectivity index (χ0) is 20.9. The molecular formula is C22H24N8. The zero-order valence-corrected chi connectivity index (χ0v) is 17.2. The molecule has 0 radical (unpaired) electrons. The van der Waals surface area contributed by atoms with Crippen molar-refractivity contribution in [1.29, 1.82) is 5.26 Å². The maximum absolute atomic E-state index is 9.58. The minimum absolute atomic E-state index is 0.434. The SMILES string of the molecule is CN(C)Cc1ccc(Nc2nccc(-c3ccc(N4CCCC4)c(C#N)n3)n2)cn1. The molecule has 4 rings (SSSR count). The number of rotatable bonds is 6. The lowest BCUT2D eigenvalue weighted by atomic mass is 10.2. The van der Waals surface area contributed by atoms with Gasteiger partial charge < -0.3 is 15.1 Å². The molecule has 3 aromatic heterocycles. The second-order valence-corrected chi connectivity index (χ2v) is 7.54. The lowest BCUT2D eigenvalue weighted by Crippen LogP contribution is -2.19. The first-order valence-electron chi connectivity index (χ1n) is 9.98. The summed E-state index contributed by atoms with van der Waals surface area (Å²) in [4.78, 5) is 22.2. The van der Waals surface area contributed by atoms with Gasteiger partial charge >= 0.3 is 0 Å². The molecule has 1 N–H and O–H groups in total. The van der Waals surface area contributed by atoms with Crippen molar-refractivity contribution in [3.8, 4) is 17.5 Å². The fourth-order valence-electron chi connectivity index (χ4n) is 3.50. The van der Waals surface area contributed by atoms with Crippen molar-refractivity contribution in [1.82, 2.24) is 24.8 Å². The average molecular weight is 400 g/mol. The molecule has 3 aromatic rings. The summed E-state index contributed by atoms with van der Waals surface area (Å²) in [5, 5.41) is 12.8. The van der Waals surface area contributed by atoms with E-state index in [0.29, 0.717) is 23.0 Å². The molecule has 1 aliphatic rings. The highest BCUT2D eigenvalue weighted by molar-refractivity contribution is 5.65. The molecule has 0 unspecified atom stereocenters. The van der Waals surface area contributed by atoms with Gasteiger partial charge in [0.05, 0.1) is 34.7 Å². The number of aromatic nitrogens is 4. The molecule has 0 atom stereocenters. The van der Waals surface area contributed by atoms with E-state index in [2.05, 4.69) is 41.1 Å². The van der Waals surface area contributed by atoms with Crippen LogP contribution in [0.15, 0.2) is 42.7 Å². The van der Waals surface area contributed by atoms with E-state index in [4.69, 9.17) is 0 Å². The van der Waals surface area contributed by atoms with Crippen LogP contribution in [0.2, 0.25) is 0 Å². The van der Waals surface area contributed by atoms with Crippen molar-refractivity contribution in [2.75, 3.05) is 37.4 Å². The summed E-state index contributed by atoms with van der Waals surface area (Å²) < 4.78 is 0. The lowest BCUT2D eigenvalue weighted by molar-refractivity contribution is 0.397. The summed E-state index contributed by atoms with van der Waals surface area (Å²) in [6, 6.07) is 11.8. The Morgan fingerprint density at radius 1 is 1.03 bits per heavy atom. The molecule has 0 aliphatic carbocycles. The van der Waals surface area contributed by atoms with E-state index in [1.807, 2.05) is 38.4 Å². The van der Waals surface area contributed by atoms with Crippen molar-refractivity contribution < 1.29 is 0 Å². The molecule has 1 fully saturated rings. The van der Waals surface area contributed by atoms with E-state index >= 15 is 0 Å². The Kier molecular flexibility index (Phi) is 5.82. The molecule has 0 spiro atoms. The van der Waals surface area contributed by atoms with Gasteiger partial charge in [-0.15, -0.1) is 0 Å². The number of hydrogen-bond donors (Lipinski definition) is 1. The van der Waals surface area contributed by atoms with E-state index in [-0.39, 0.29) is 0 Å². The third kappa shape index (κ3) is 4.53. The smallest absolute Gasteiger partial charge is 0.227 e.